The lowest BCUT2D eigenvalue weighted by Crippen LogP contribution is -2.58. The summed E-state index contributed by atoms with van der Waals surface area (Å²) in [5, 5.41) is 3.70. The molecule has 2 unspecified atom stereocenters. The normalized spacial score (nSPS) is 30.7. The van der Waals surface area contributed by atoms with Crippen LogP contribution in [-0.4, -0.2) is 48.3 Å². The van der Waals surface area contributed by atoms with Gasteiger partial charge in [-0.25, -0.2) is 0 Å². The van der Waals surface area contributed by atoms with Gasteiger partial charge in [-0.2, -0.15) is 0 Å². The molecule has 0 amide bonds. The van der Waals surface area contributed by atoms with Gasteiger partial charge in [-0.1, -0.05) is 13.8 Å². The molecule has 3 heteroatoms. The highest BCUT2D eigenvalue weighted by Crippen LogP contribution is 2.25. The first kappa shape index (κ1) is 14.3. The Morgan fingerprint density at radius 2 is 2.00 bits per heavy atom. The average Bonchev–Trinajstić information content (AvgIpc) is 2.97. The van der Waals surface area contributed by atoms with Crippen LogP contribution in [0.1, 0.15) is 47.5 Å². The van der Waals surface area contributed by atoms with Gasteiger partial charge in [-0.3, -0.25) is 4.90 Å². The van der Waals surface area contributed by atoms with Crippen LogP contribution in [0.25, 0.3) is 0 Å². The highest BCUT2D eigenvalue weighted by molar-refractivity contribution is 4.90. The Bertz CT molecular complexity index is 274. The van der Waals surface area contributed by atoms with Gasteiger partial charge >= 0.3 is 0 Å². The van der Waals surface area contributed by atoms with Crippen LogP contribution in [0.3, 0.4) is 0 Å². The maximum atomic E-state index is 6.01. The fourth-order valence-corrected chi connectivity index (χ4v) is 3.12. The Balaban J connectivity index is 1.94. The summed E-state index contributed by atoms with van der Waals surface area (Å²) in [5.41, 5.74) is -0.00954. The van der Waals surface area contributed by atoms with Crippen LogP contribution in [0, 0.1) is 5.92 Å². The van der Waals surface area contributed by atoms with Gasteiger partial charge < -0.3 is 10.1 Å². The molecule has 0 aromatic heterocycles. The zero-order chi connectivity index (χ0) is 13.3. The van der Waals surface area contributed by atoms with Crippen molar-refractivity contribution >= 4 is 0 Å². The molecule has 0 spiro atoms. The summed E-state index contributed by atoms with van der Waals surface area (Å²) in [6.07, 6.45) is 3.09. The highest BCUT2D eigenvalue weighted by Gasteiger charge is 2.36. The monoisotopic (exact) mass is 254 g/mol. The van der Waals surface area contributed by atoms with Crippen molar-refractivity contribution in [2.45, 2.75) is 71.2 Å². The third-order valence-corrected chi connectivity index (χ3v) is 4.03. The van der Waals surface area contributed by atoms with Crippen LogP contribution in [0.2, 0.25) is 0 Å². The number of morpholine rings is 1. The molecule has 2 atom stereocenters. The predicted octanol–water partition coefficient (Wildman–Crippen LogP) is 2.26. The van der Waals surface area contributed by atoms with Crippen molar-refractivity contribution in [2.75, 3.05) is 19.6 Å². The zero-order valence-electron chi connectivity index (χ0n) is 12.7. The fraction of sp³-hybridized carbons (Fsp3) is 1.00. The van der Waals surface area contributed by atoms with E-state index in [4.69, 9.17) is 4.74 Å². The minimum Gasteiger partial charge on any atom is -0.370 e. The fourth-order valence-electron chi connectivity index (χ4n) is 3.12. The second-order valence-corrected chi connectivity index (χ2v) is 7.11. The molecule has 2 fully saturated rings. The summed E-state index contributed by atoms with van der Waals surface area (Å²) in [6.45, 7) is 14.5. The van der Waals surface area contributed by atoms with Crippen molar-refractivity contribution < 1.29 is 4.74 Å². The minimum atomic E-state index is -0.00954. The van der Waals surface area contributed by atoms with E-state index in [0.29, 0.717) is 18.1 Å². The first-order chi connectivity index (χ1) is 8.37. The molecule has 1 saturated heterocycles. The molecule has 1 N–H and O–H groups in total. The number of ether oxygens (including phenoxy) is 1. The third kappa shape index (κ3) is 3.94. The van der Waals surface area contributed by atoms with E-state index in [9.17, 15) is 0 Å². The SMILES string of the molecule is CC1CN(C(CNC2CC2)C(C)C)CC(C)(C)O1. The van der Waals surface area contributed by atoms with Crippen molar-refractivity contribution in [1.29, 1.82) is 0 Å². The van der Waals surface area contributed by atoms with Crippen molar-refractivity contribution in [3.8, 4) is 0 Å². The summed E-state index contributed by atoms with van der Waals surface area (Å²) < 4.78 is 6.01. The van der Waals surface area contributed by atoms with Crippen molar-refractivity contribution in [2.24, 2.45) is 5.92 Å². The molecule has 3 nitrogen and oxygen atoms in total. The van der Waals surface area contributed by atoms with E-state index in [1.165, 1.54) is 12.8 Å². The van der Waals surface area contributed by atoms with Crippen LogP contribution in [0.4, 0.5) is 0 Å². The number of nitrogens with zero attached hydrogens (tertiary/aromatic N) is 1. The van der Waals surface area contributed by atoms with E-state index in [1.807, 2.05) is 0 Å². The first-order valence-corrected chi connectivity index (χ1v) is 7.52. The molecular formula is C15H30N2O. The molecule has 2 aliphatic rings. The van der Waals surface area contributed by atoms with Crippen LogP contribution in [0.15, 0.2) is 0 Å². The molecule has 0 bridgehead atoms. The lowest BCUT2D eigenvalue weighted by atomic mass is 9.97. The van der Waals surface area contributed by atoms with Crippen molar-refractivity contribution in [3.63, 3.8) is 0 Å². The van der Waals surface area contributed by atoms with Crippen LogP contribution >= 0.6 is 0 Å². The van der Waals surface area contributed by atoms with E-state index in [1.54, 1.807) is 0 Å². The molecule has 0 aromatic rings. The standard InChI is InChI=1S/C15H30N2O/c1-11(2)14(8-16-13-6-7-13)17-9-12(3)18-15(4,5)10-17/h11-14,16H,6-10H2,1-5H3. The van der Waals surface area contributed by atoms with Crippen molar-refractivity contribution in [3.05, 3.63) is 0 Å². The molecule has 1 heterocycles. The maximum Gasteiger partial charge on any atom is 0.0757 e. The zero-order valence-corrected chi connectivity index (χ0v) is 12.7. The van der Waals surface area contributed by atoms with Crippen molar-refractivity contribution in [1.82, 2.24) is 10.2 Å². The predicted molar refractivity (Wildman–Crippen MR) is 75.8 cm³/mol. The van der Waals surface area contributed by atoms with Gasteiger partial charge in [0.25, 0.3) is 0 Å². The Morgan fingerprint density at radius 3 is 2.50 bits per heavy atom. The Morgan fingerprint density at radius 1 is 1.33 bits per heavy atom. The summed E-state index contributed by atoms with van der Waals surface area (Å²) in [6, 6.07) is 1.44. The smallest absolute Gasteiger partial charge is 0.0757 e. The number of rotatable bonds is 5. The summed E-state index contributed by atoms with van der Waals surface area (Å²) >= 11 is 0. The second-order valence-electron chi connectivity index (χ2n) is 7.11. The Labute approximate surface area is 112 Å². The largest absolute Gasteiger partial charge is 0.370 e. The van der Waals surface area contributed by atoms with E-state index in [2.05, 4.69) is 44.8 Å². The summed E-state index contributed by atoms with van der Waals surface area (Å²) in [4.78, 5) is 2.63. The molecule has 0 aromatic carbocycles. The van der Waals surface area contributed by atoms with E-state index < -0.39 is 0 Å². The number of hydrogen-bond acceptors (Lipinski definition) is 3. The molecule has 2 rings (SSSR count). The van der Waals surface area contributed by atoms with Crippen LogP contribution in [0.5, 0.6) is 0 Å². The third-order valence-electron chi connectivity index (χ3n) is 4.03. The molecule has 18 heavy (non-hydrogen) atoms. The first-order valence-electron chi connectivity index (χ1n) is 7.52. The van der Waals surface area contributed by atoms with Crippen LogP contribution < -0.4 is 5.32 Å². The Kier molecular flexibility index (Phi) is 4.35. The average molecular weight is 254 g/mol. The van der Waals surface area contributed by atoms with E-state index in [-0.39, 0.29) is 5.60 Å². The lowest BCUT2D eigenvalue weighted by Gasteiger charge is -2.46. The number of hydrogen-bond donors (Lipinski definition) is 1. The van der Waals surface area contributed by atoms with E-state index in [0.717, 1.165) is 25.7 Å². The van der Waals surface area contributed by atoms with Gasteiger partial charge in [-0.05, 0) is 39.5 Å². The summed E-state index contributed by atoms with van der Waals surface area (Å²) in [5.74, 6) is 0.692. The molecule has 106 valence electrons. The summed E-state index contributed by atoms with van der Waals surface area (Å²) in [7, 11) is 0. The molecule has 0 radical (unpaired) electrons. The number of nitrogens with one attached hydrogen (secondary N) is 1. The van der Waals surface area contributed by atoms with Gasteiger partial charge in [0.15, 0.2) is 0 Å². The van der Waals surface area contributed by atoms with E-state index >= 15 is 0 Å². The molecule has 1 saturated carbocycles. The highest BCUT2D eigenvalue weighted by atomic mass is 16.5. The Hall–Kier alpha value is -0.120. The van der Waals surface area contributed by atoms with Gasteiger partial charge in [0, 0.05) is 31.7 Å². The maximum absolute atomic E-state index is 6.01. The lowest BCUT2D eigenvalue weighted by molar-refractivity contribution is -0.141. The topological polar surface area (TPSA) is 24.5 Å². The molecule has 1 aliphatic heterocycles. The second kappa shape index (κ2) is 5.48. The minimum absolute atomic E-state index is 0.00954. The van der Waals surface area contributed by atoms with Gasteiger partial charge in [0.2, 0.25) is 0 Å². The van der Waals surface area contributed by atoms with Gasteiger partial charge in [-0.15, -0.1) is 0 Å². The van der Waals surface area contributed by atoms with Crippen LogP contribution in [-0.2, 0) is 4.74 Å². The van der Waals surface area contributed by atoms with Gasteiger partial charge in [0.1, 0.15) is 0 Å². The molecule has 1 aliphatic carbocycles. The molecular weight excluding hydrogens is 224 g/mol. The van der Waals surface area contributed by atoms with Gasteiger partial charge in [0.05, 0.1) is 11.7 Å². The quantitative estimate of drug-likeness (QED) is 0.814.